The molecule has 0 unspecified atom stereocenters. The molecular formula is C28H26F2N4O3. The van der Waals surface area contributed by atoms with Crippen LogP contribution < -0.4 is 4.74 Å². The summed E-state index contributed by atoms with van der Waals surface area (Å²) in [4.78, 5) is 11.7. The summed E-state index contributed by atoms with van der Waals surface area (Å²) in [5.41, 5.74) is 4.33. The van der Waals surface area contributed by atoms with Gasteiger partial charge in [-0.1, -0.05) is 17.3 Å². The smallest absolute Gasteiger partial charge is 0.202 e. The number of pyridine rings is 1. The van der Waals surface area contributed by atoms with Gasteiger partial charge in [-0.2, -0.15) is 5.26 Å². The average molecular weight is 505 g/mol. The Morgan fingerprint density at radius 3 is 2.68 bits per heavy atom. The van der Waals surface area contributed by atoms with Gasteiger partial charge in [-0.3, -0.25) is 9.88 Å². The zero-order valence-electron chi connectivity index (χ0n) is 20.4. The summed E-state index contributed by atoms with van der Waals surface area (Å²) in [5, 5.41) is 12.8. The highest BCUT2D eigenvalue weighted by atomic mass is 19.2. The molecule has 0 N–H and O–H groups in total. The van der Waals surface area contributed by atoms with E-state index in [0.717, 1.165) is 43.6 Å². The number of likely N-dealkylation sites (tertiary alicyclic amines) is 1. The summed E-state index contributed by atoms with van der Waals surface area (Å²) < 4.78 is 39.4. The van der Waals surface area contributed by atoms with Gasteiger partial charge in [0.15, 0.2) is 11.6 Å². The summed E-state index contributed by atoms with van der Waals surface area (Å²) in [6.07, 6.45) is 5.52. The fourth-order valence-electron chi connectivity index (χ4n) is 5.04. The van der Waals surface area contributed by atoms with E-state index in [1.54, 1.807) is 13.2 Å². The van der Waals surface area contributed by atoms with Crippen LogP contribution in [0.2, 0.25) is 0 Å². The molecule has 1 fully saturated rings. The summed E-state index contributed by atoms with van der Waals surface area (Å²) in [6.45, 7) is 2.77. The molecule has 5 rings (SSSR count). The van der Waals surface area contributed by atoms with Crippen LogP contribution in [0.5, 0.6) is 5.75 Å². The number of ether oxygens (including phenoxy) is 2. The molecule has 9 heteroatoms. The van der Waals surface area contributed by atoms with E-state index in [2.05, 4.69) is 15.0 Å². The summed E-state index contributed by atoms with van der Waals surface area (Å²) in [7, 11) is 1.59. The number of methoxy groups -OCH3 is 1. The number of halogens is 2. The van der Waals surface area contributed by atoms with Gasteiger partial charge in [-0.15, -0.1) is 0 Å². The van der Waals surface area contributed by atoms with Gasteiger partial charge in [-0.25, -0.2) is 8.78 Å². The highest BCUT2D eigenvalue weighted by molar-refractivity contribution is 6.12. The zero-order valence-corrected chi connectivity index (χ0v) is 20.4. The van der Waals surface area contributed by atoms with Crippen LogP contribution in [0, 0.1) is 23.0 Å². The lowest BCUT2D eigenvalue weighted by Gasteiger charge is -2.39. The first-order valence-electron chi connectivity index (χ1n) is 12.0. The molecule has 2 aliphatic rings. The Morgan fingerprint density at radius 1 is 1.14 bits per heavy atom. The lowest BCUT2D eigenvalue weighted by Crippen LogP contribution is -2.42. The number of nitriles is 1. The van der Waals surface area contributed by atoms with E-state index in [1.807, 2.05) is 36.7 Å². The number of benzene rings is 2. The number of hydrogen-bond donors (Lipinski definition) is 0. The second-order valence-electron chi connectivity index (χ2n) is 9.12. The molecule has 3 heterocycles. The van der Waals surface area contributed by atoms with Crippen LogP contribution in [0.25, 0.3) is 0 Å². The van der Waals surface area contributed by atoms with Gasteiger partial charge in [0, 0.05) is 54.3 Å². The minimum absolute atomic E-state index is 0.257. The van der Waals surface area contributed by atoms with E-state index < -0.39 is 11.6 Å². The highest BCUT2D eigenvalue weighted by Gasteiger charge is 2.42. The van der Waals surface area contributed by atoms with Crippen LogP contribution in [0.3, 0.4) is 0 Å². The van der Waals surface area contributed by atoms with Crippen molar-refractivity contribution < 1.29 is 23.1 Å². The Bertz CT molecular complexity index is 1360. The summed E-state index contributed by atoms with van der Waals surface area (Å²) >= 11 is 0. The number of nitrogens with zero attached hydrogens (tertiary/aromatic N) is 4. The van der Waals surface area contributed by atoms with Crippen molar-refractivity contribution in [3.63, 3.8) is 0 Å². The molecule has 7 nitrogen and oxygen atoms in total. The molecule has 1 saturated heterocycles. The van der Waals surface area contributed by atoms with Crippen molar-refractivity contribution in [3.05, 3.63) is 94.3 Å². The van der Waals surface area contributed by atoms with Crippen LogP contribution in [-0.2, 0) is 28.3 Å². The lowest BCUT2D eigenvalue weighted by molar-refractivity contribution is -0.0800. The summed E-state index contributed by atoms with van der Waals surface area (Å²) in [6, 6.07) is 12.9. The van der Waals surface area contributed by atoms with E-state index in [-0.39, 0.29) is 17.9 Å². The second kappa shape index (κ2) is 10.6. The predicted molar refractivity (Wildman–Crippen MR) is 132 cm³/mol. The third-order valence-electron chi connectivity index (χ3n) is 7.00. The molecule has 0 aliphatic carbocycles. The van der Waals surface area contributed by atoms with Gasteiger partial charge < -0.3 is 14.3 Å². The van der Waals surface area contributed by atoms with Crippen molar-refractivity contribution in [2.75, 3.05) is 26.8 Å². The maximum Gasteiger partial charge on any atom is 0.202 e. The van der Waals surface area contributed by atoms with Crippen molar-refractivity contribution in [2.24, 2.45) is 5.16 Å². The van der Waals surface area contributed by atoms with Gasteiger partial charge in [-0.05, 0) is 48.7 Å². The average Bonchev–Trinajstić information content (AvgIpc) is 3.28. The number of rotatable bonds is 7. The zero-order chi connectivity index (χ0) is 25.8. The van der Waals surface area contributed by atoms with E-state index in [1.165, 1.54) is 17.2 Å². The van der Waals surface area contributed by atoms with Gasteiger partial charge >= 0.3 is 0 Å². The van der Waals surface area contributed by atoms with Crippen molar-refractivity contribution in [2.45, 2.75) is 31.6 Å². The van der Waals surface area contributed by atoms with Crippen LogP contribution in [0.1, 0.15) is 40.7 Å². The fraction of sp³-hybridized carbons (Fsp3) is 0.321. The monoisotopic (exact) mass is 504 g/mol. The Morgan fingerprint density at radius 2 is 1.92 bits per heavy atom. The highest BCUT2D eigenvalue weighted by Crippen LogP contribution is 2.44. The minimum atomic E-state index is -0.999. The first kappa shape index (κ1) is 24.8. The predicted octanol–water partition coefficient (Wildman–Crippen LogP) is 4.68. The van der Waals surface area contributed by atoms with E-state index in [9.17, 15) is 8.78 Å². The van der Waals surface area contributed by atoms with Crippen LogP contribution >= 0.6 is 0 Å². The molecular weight excluding hydrogens is 478 g/mol. The Balaban J connectivity index is 1.34. The fourth-order valence-corrected chi connectivity index (χ4v) is 5.04. The Kier molecular flexibility index (Phi) is 7.12. The van der Waals surface area contributed by atoms with Crippen LogP contribution in [0.15, 0.2) is 60.0 Å². The maximum absolute atomic E-state index is 13.9. The first-order valence-corrected chi connectivity index (χ1v) is 12.0. The Labute approximate surface area is 213 Å². The number of aromatic nitrogens is 1. The molecule has 2 aromatic carbocycles. The lowest BCUT2D eigenvalue weighted by atomic mass is 9.84. The minimum Gasteiger partial charge on any atom is -0.496 e. The molecule has 0 radical (unpaired) electrons. The molecule has 190 valence electrons. The van der Waals surface area contributed by atoms with Gasteiger partial charge in [0.1, 0.15) is 17.5 Å². The molecule has 0 bridgehead atoms. The van der Waals surface area contributed by atoms with Gasteiger partial charge in [0.25, 0.3) is 0 Å². The third kappa shape index (κ3) is 5.03. The van der Waals surface area contributed by atoms with E-state index in [0.29, 0.717) is 30.0 Å². The summed E-state index contributed by atoms with van der Waals surface area (Å²) in [5.74, 6) is -1.32. The topological polar surface area (TPSA) is 80.0 Å². The number of piperidine rings is 1. The second-order valence-corrected chi connectivity index (χ2v) is 9.12. The molecule has 0 amide bonds. The molecule has 1 aromatic heterocycles. The van der Waals surface area contributed by atoms with Crippen LogP contribution in [-0.4, -0.2) is 42.4 Å². The Hall–Kier alpha value is -3.87. The normalized spacial score (nSPS) is 16.9. The molecule has 0 saturated carbocycles. The van der Waals surface area contributed by atoms with E-state index in [4.69, 9.17) is 19.6 Å². The van der Waals surface area contributed by atoms with Crippen molar-refractivity contribution in [3.8, 4) is 11.8 Å². The van der Waals surface area contributed by atoms with Crippen molar-refractivity contribution in [1.82, 2.24) is 9.88 Å². The van der Waals surface area contributed by atoms with Crippen LogP contribution in [0.4, 0.5) is 8.78 Å². The third-order valence-corrected chi connectivity index (χ3v) is 7.00. The number of fused-ring (bicyclic) bond motifs is 2. The molecule has 0 atom stereocenters. The SMILES string of the molecule is COc1cc(/C(=N\OCC#N)c2ccc(F)c(F)c2)ccc1CN1CCC2(CC1)OCc1ccncc12. The molecule has 3 aromatic rings. The largest absolute Gasteiger partial charge is 0.496 e. The van der Waals surface area contributed by atoms with Gasteiger partial charge in [0.2, 0.25) is 6.61 Å². The molecule has 2 aliphatic heterocycles. The number of hydrogen-bond acceptors (Lipinski definition) is 7. The van der Waals surface area contributed by atoms with Gasteiger partial charge in [0.05, 0.1) is 19.3 Å². The molecule has 1 spiro atoms. The quantitative estimate of drug-likeness (QED) is 0.264. The molecule has 37 heavy (non-hydrogen) atoms. The number of oxime groups is 1. The van der Waals surface area contributed by atoms with E-state index >= 15 is 0 Å². The first-order chi connectivity index (χ1) is 18.0. The standard InChI is InChI=1S/C28H26F2N4O3/c1-35-26-15-20(27(33-37-13-9-31)19-4-5-24(29)25(30)14-19)2-3-21(26)17-34-11-7-28(8-12-34)23-16-32-10-6-22(23)18-36-28/h2-6,10,14-16H,7-8,11-13,17-18H2,1H3/b33-27-. The van der Waals surface area contributed by atoms with Crippen molar-refractivity contribution in [1.29, 1.82) is 5.26 Å². The van der Waals surface area contributed by atoms with Crippen molar-refractivity contribution >= 4 is 5.71 Å². The maximum atomic E-state index is 13.9.